The smallest absolute Gasteiger partial charge is 0.251 e. The number of aryl methyl sites for hydroxylation is 1. The number of carbonyl (C=O) groups excluding carboxylic acids is 5. The second-order valence-electron chi connectivity index (χ2n) is 14.3. The minimum absolute atomic E-state index is 0.0843. The van der Waals surface area contributed by atoms with Crippen LogP contribution in [0.4, 0.5) is 0 Å². The summed E-state index contributed by atoms with van der Waals surface area (Å²) in [6, 6.07) is 6.95. The highest BCUT2D eigenvalue weighted by molar-refractivity contribution is 5.94. The number of hydrogen-bond acceptors (Lipinski definition) is 9. The van der Waals surface area contributed by atoms with E-state index in [1.165, 1.54) is 13.8 Å². The van der Waals surface area contributed by atoms with Crippen molar-refractivity contribution in [3.63, 3.8) is 0 Å². The zero-order valence-corrected chi connectivity index (χ0v) is 31.0. The normalized spacial score (nSPS) is 14.7. The first kappa shape index (κ1) is 40.9. The maximum absolute atomic E-state index is 12.7. The fourth-order valence-corrected chi connectivity index (χ4v) is 5.85. The Bertz CT molecular complexity index is 1470. The molecule has 5 amide bonds. The highest BCUT2D eigenvalue weighted by Gasteiger charge is 2.25. The molecule has 1 atom stereocenters. The molecule has 0 radical (unpaired) electrons. The maximum Gasteiger partial charge on any atom is 0.251 e. The van der Waals surface area contributed by atoms with E-state index in [4.69, 9.17) is 9.47 Å². The maximum atomic E-state index is 12.7. The topological polar surface area (TPSA) is 195 Å². The van der Waals surface area contributed by atoms with Crippen LogP contribution in [-0.4, -0.2) is 88.5 Å². The van der Waals surface area contributed by atoms with Gasteiger partial charge < -0.3 is 36.1 Å². The van der Waals surface area contributed by atoms with Crippen LogP contribution in [0.2, 0.25) is 0 Å². The van der Waals surface area contributed by atoms with Crippen molar-refractivity contribution in [3.8, 4) is 5.75 Å². The lowest BCUT2D eigenvalue weighted by Gasteiger charge is -2.25. The first-order valence-electron chi connectivity index (χ1n) is 17.8. The number of nitrogens with one attached hydrogen (secondary N) is 5. The SMILES string of the molecule is CC(=O)NC(C)(C)CCNC(=O)CNC(=O)COC1CCCCCc2c1nnn2CCCNC(=O)c1ccc(OCCC(C)(C)NC(C)=O)cc1. The number of fused-ring (bicyclic) bond motifs is 1. The van der Waals surface area contributed by atoms with Gasteiger partial charge in [-0.2, -0.15) is 0 Å². The van der Waals surface area contributed by atoms with E-state index in [2.05, 4.69) is 36.9 Å². The van der Waals surface area contributed by atoms with Crippen molar-refractivity contribution >= 4 is 29.5 Å². The molecule has 0 spiro atoms. The van der Waals surface area contributed by atoms with Crippen molar-refractivity contribution in [2.75, 3.05) is 32.8 Å². The van der Waals surface area contributed by atoms with Gasteiger partial charge in [-0.25, -0.2) is 4.68 Å². The van der Waals surface area contributed by atoms with Crippen LogP contribution in [0.3, 0.4) is 0 Å². The van der Waals surface area contributed by atoms with Gasteiger partial charge in [-0.3, -0.25) is 24.0 Å². The number of aromatic nitrogens is 3. The van der Waals surface area contributed by atoms with Gasteiger partial charge in [0, 0.05) is 56.5 Å². The molecule has 1 heterocycles. The second kappa shape index (κ2) is 19.8. The number of amides is 5. The zero-order chi connectivity index (χ0) is 37.4. The molecule has 1 unspecified atom stereocenters. The fourth-order valence-electron chi connectivity index (χ4n) is 5.85. The highest BCUT2D eigenvalue weighted by atomic mass is 16.5. The molecular weight excluding hydrogens is 656 g/mol. The van der Waals surface area contributed by atoms with E-state index in [0.717, 1.165) is 37.1 Å². The van der Waals surface area contributed by atoms with Crippen molar-refractivity contribution in [3.05, 3.63) is 41.2 Å². The van der Waals surface area contributed by atoms with Gasteiger partial charge in [0.25, 0.3) is 5.91 Å². The average molecular weight is 713 g/mol. The van der Waals surface area contributed by atoms with Gasteiger partial charge in [0.15, 0.2) is 0 Å². The Balaban J connectivity index is 1.40. The molecule has 1 aromatic heterocycles. The van der Waals surface area contributed by atoms with Crippen LogP contribution in [0.25, 0.3) is 0 Å². The average Bonchev–Trinajstić information content (AvgIpc) is 3.42. The first-order chi connectivity index (χ1) is 24.1. The predicted molar refractivity (Wildman–Crippen MR) is 191 cm³/mol. The lowest BCUT2D eigenvalue weighted by atomic mass is 9.99. The summed E-state index contributed by atoms with van der Waals surface area (Å²) in [4.78, 5) is 60.1. The van der Waals surface area contributed by atoms with Crippen LogP contribution in [0, 0.1) is 0 Å². The highest BCUT2D eigenvalue weighted by Crippen LogP contribution is 2.29. The minimum Gasteiger partial charge on any atom is -0.494 e. The van der Waals surface area contributed by atoms with E-state index in [0.29, 0.717) is 63.2 Å². The van der Waals surface area contributed by atoms with Gasteiger partial charge >= 0.3 is 0 Å². The van der Waals surface area contributed by atoms with E-state index < -0.39 is 11.4 Å². The van der Waals surface area contributed by atoms with Crippen molar-refractivity contribution in [1.29, 1.82) is 0 Å². The number of hydrogen-bond donors (Lipinski definition) is 5. The van der Waals surface area contributed by atoms with Crippen LogP contribution in [0.1, 0.15) is 114 Å². The molecule has 0 saturated heterocycles. The van der Waals surface area contributed by atoms with Gasteiger partial charge in [-0.05, 0) is 84.1 Å². The molecule has 51 heavy (non-hydrogen) atoms. The van der Waals surface area contributed by atoms with Crippen LogP contribution in [0.5, 0.6) is 5.75 Å². The van der Waals surface area contributed by atoms with E-state index in [-0.39, 0.29) is 48.4 Å². The van der Waals surface area contributed by atoms with E-state index in [1.807, 2.05) is 32.4 Å². The molecule has 15 heteroatoms. The third-order valence-electron chi connectivity index (χ3n) is 8.46. The first-order valence-corrected chi connectivity index (χ1v) is 17.8. The van der Waals surface area contributed by atoms with Crippen LogP contribution >= 0.6 is 0 Å². The molecular formula is C36H56N8O7. The molecule has 1 aliphatic carbocycles. The third-order valence-corrected chi connectivity index (χ3v) is 8.46. The molecule has 3 rings (SSSR count). The summed E-state index contributed by atoms with van der Waals surface area (Å²) < 4.78 is 13.7. The number of carbonyl (C=O) groups is 5. The van der Waals surface area contributed by atoms with Gasteiger partial charge in [-0.1, -0.05) is 18.1 Å². The summed E-state index contributed by atoms with van der Waals surface area (Å²) in [7, 11) is 0. The summed E-state index contributed by atoms with van der Waals surface area (Å²) in [5, 5.41) is 22.8. The van der Waals surface area contributed by atoms with Crippen molar-refractivity contribution in [2.45, 2.75) is 117 Å². The summed E-state index contributed by atoms with van der Waals surface area (Å²) in [6.45, 7) is 12.0. The fraction of sp³-hybridized carbons (Fsp3) is 0.639. The van der Waals surface area contributed by atoms with Crippen LogP contribution in [-0.2, 0) is 36.9 Å². The summed E-state index contributed by atoms with van der Waals surface area (Å²) >= 11 is 0. The Morgan fingerprint density at radius 3 is 2.22 bits per heavy atom. The molecule has 1 aromatic carbocycles. The standard InChI is InChI=1S/C36H56N8O7/c1-25(45)40-35(3,4)17-20-37-31(47)23-39-32(48)24-51-30-12-9-7-8-11-29-33(30)42-43-44(29)21-10-19-38-34(49)27-13-15-28(16-14-27)50-22-18-36(5,6)41-26(2)46/h13-16,30H,7-12,17-24H2,1-6H3,(H,37,47)(H,38,49)(H,39,48)(H,40,45)(H,41,46). The number of benzene rings is 1. The summed E-state index contributed by atoms with van der Waals surface area (Å²) in [5.41, 5.74) is 1.41. The lowest BCUT2D eigenvalue weighted by molar-refractivity contribution is -0.130. The monoisotopic (exact) mass is 712 g/mol. The molecule has 0 bridgehead atoms. The third kappa shape index (κ3) is 15.1. The number of nitrogens with zero attached hydrogens (tertiary/aromatic N) is 3. The quantitative estimate of drug-likeness (QED) is 0.136. The molecule has 0 aliphatic heterocycles. The van der Waals surface area contributed by atoms with Crippen molar-refractivity contribution in [2.24, 2.45) is 0 Å². The minimum atomic E-state index is -0.453. The summed E-state index contributed by atoms with van der Waals surface area (Å²) in [6.07, 6.45) is 5.89. The van der Waals surface area contributed by atoms with Crippen LogP contribution in [0.15, 0.2) is 24.3 Å². The van der Waals surface area contributed by atoms with Crippen molar-refractivity contribution < 1.29 is 33.4 Å². The zero-order valence-electron chi connectivity index (χ0n) is 31.0. The van der Waals surface area contributed by atoms with E-state index >= 15 is 0 Å². The molecule has 1 aliphatic rings. The Morgan fingerprint density at radius 1 is 0.843 bits per heavy atom. The Morgan fingerprint density at radius 2 is 1.53 bits per heavy atom. The molecule has 15 nitrogen and oxygen atoms in total. The number of rotatable bonds is 19. The van der Waals surface area contributed by atoms with Crippen LogP contribution < -0.4 is 31.3 Å². The van der Waals surface area contributed by atoms with Gasteiger partial charge in [0.2, 0.25) is 23.6 Å². The Hall–Kier alpha value is -4.53. The lowest BCUT2D eigenvalue weighted by Crippen LogP contribution is -2.45. The number of ether oxygens (including phenoxy) is 2. The predicted octanol–water partition coefficient (Wildman–Crippen LogP) is 2.49. The van der Waals surface area contributed by atoms with Crippen molar-refractivity contribution in [1.82, 2.24) is 41.6 Å². The van der Waals surface area contributed by atoms with E-state index in [9.17, 15) is 24.0 Å². The van der Waals surface area contributed by atoms with Gasteiger partial charge in [0.1, 0.15) is 24.2 Å². The van der Waals surface area contributed by atoms with E-state index in [1.54, 1.807) is 24.3 Å². The Kier molecular flexibility index (Phi) is 15.8. The molecule has 5 N–H and O–H groups in total. The summed E-state index contributed by atoms with van der Waals surface area (Å²) in [5.74, 6) is -0.483. The largest absolute Gasteiger partial charge is 0.494 e. The van der Waals surface area contributed by atoms with Gasteiger partial charge in [0.05, 0.1) is 18.8 Å². The molecule has 0 saturated carbocycles. The van der Waals surface area contributed by atoms with Gasteiger partial charge in [-0.15, -0.1) is 5.10 Å². The molecule has 2 aromatic rings. The Labute approximate surface area is 300 Å². The molecule has 0 fully saturated rings. The molecule has 282 valence electrons. The second-order valence-corrected chi connectivity index (χ2v) is 14.3.